The summed E-state index contributed by atoms with van der Waals surface area (Å²) < 4.78 is 0. The SMILES string of the molecule is CCC1CCCC(NC(=O)c2ccc(O)c(Cl)c2)C1. The van der Waals surface area contributed by atoms with Gasteiger partial charge in [-0.3, -0.25) is 4.79 Å². The van der Waals surface area contributed by atoms with Crippen LogP contribution in [-0.4, -0.2) is 17.1 Å². The summed E-state index contributed by atoms with van der Waals surface area (Å²) in [6, 6.07) is 4.81. The van der Waals surface area contributed by atoms with Crippen LogP contribution in [0.5, 0.6) is 5.75 Å². The first-order valence-electron chi connectivity index (χ1n) is 6.89. The topological polar surface area (TPSA) is 49.3 Å². The Balaban J connectivity index is 1.98. The quantitative estimate of drug-likeness (QED) is 0.887. The molecule has 0 aliphatic heterocycles. The fourth-order valence-corrected chi connectivity index (χ4v) is 2.89. The molecule has 1 aliphatic carbocycles. The lowest BCUT2D eigenvalue weighted by molar-refractivity contribution is 0.0919. The van der Waals surface area contributed by atoms with Gasteiger partial charge in [0.05, 0.1) is 5.02 Å². The zero-order chi connectivity index (χ0) is 13.8. The number of aromatic hydroxyl groups is 1. The standard InChI is InChI=1S/C15H20ClNO2/c1-2-10-4-3-5-12(8-10)17-15(19)11-6-7-14(18)13(16)9-11/h6-7,9-10,12,18H,2-5,8H2,1H3,(H,17,19). The highest BCUT2D eigenvalue weighted by Gasteiger charge is 2.22. The average molecular weight is 282 g/mol. The van der Waals surface area contributed by atoms with E-state index in [1.807, 2.05) is 0 Å². The molecule has 1 saturated carbocycles. The summed E-state index contributed by atoms with van der Waals surface area (Å²) in [4.78, 5) is 12.1. The van der Waals surface area contributed by atoms with Crippen molar-refractivity contribution in [2.75, 3.05) is 0 Å². The molecule has 0 aromatic heterocycles. The molecular weight excluding hydrogens is 262 g/mol. The molecule has 1 fully saturated rings. The molecule has 0 heterocycles. The highest BCUT2D eigenvalue weighted by molar-refractivity contribution is 6.32. The van der Waals surface area contributed by atoms with E-state index < -0.39 is 0 Å². The second-order valence-corrected chi connectivity index (χ2v) is 5.68. The number of rotatable bonds is 3. The van der Waals surface area contributed by atoms with E-state index in [2.05, 4.69) is 12.2 Å². The normalized spacial score (nSPS) is 23.1. The van der Waals surface area contributed by atoms with E-state index in [9.17, 15) is 9.90 Å². The highest BCUT2D eigenvalue weighted by Crippen LogP contribution is 2.27. The molecule has 0 radical (unpaired) electrons. The zero-order valence-electron chi connectivity index (χ0n) is 11.2. The first kappa shape index (κ1) is 14.2. The lowest BCUT2D eigenvalue weighted by Crippen LogP contribution is -2.38. The number of carbonyl (C=O) groups excluding carboxylic acids is 1. The van der Waals surface area contributed by atoms with E-state index in [-0.39, 0.29) is 22.7 Å². The monoisotopic (exact) mass is 281 g/mol. The maximum atomic E-state index is 12.1. The van der Waals surface area contributed by atoms with Crippen LogP contribution in [0.25, 0.3) is 0 Å². The van der Waals surface area contributed by atoms with Gasteiger partial charge >= 0.3 is 0 Å². The molecule has 19 heavy (non-hydrogen) atoms. The van der Waals surface area contributed by atoms with Crippen molar-refractivity contribution in [3.8, 4) is 5.75 Å². The van der Waals surface area contributed by atoms with Crippen molar-refractivity contribution in [2.24, 2.45) is 5.92 Å². The number of halogens is 1. The lowest BCUT2D eigenvalue weighted by Gasteiger charge is -2.29. The van der Waals surface area contributed by atoms with Gasteiger partial charge in [-0.05, 0) is 37.0 Å². The Kier molecular flexibility index (Phi) is 4.70. The maximum Gasteiger partial charge on any atom is 0.251 e. The summed E-state index contributed by atoms with van der Waals surface area (Å²) in [6.45, 7) is 2.20. The van der Waals surface area contributed by atoms with Crippen LogP contribution >= 0.6 is 11.6 Å². The smallest absolute Gasteiger partial charge is 0.251 e. The van der Waals surface area contributed by atoms with E-state index >= 15 is 0 Å². The fourth-order valence-electron chi connectivity index (χ4n) is 2.71. The van der Waals surface area contributed by atoms with Gasteiger partial charge in [0.25, 0.3) is 5.91 Å². The third kappa shape index (κ3) is 3.63. The van der Waals surface area contributed by atoms with Gasteiger partial charge in [0, 0.05) is 11.6 Å². The molecule has 3 nitrogen and oxygen atoms in total. The number of hydrogen-bond acceptors (Lipinski definition) is 2. The second kappa shape index (κ2) is 6.29. The Morgan fingerprint density at radius 1 is 1.47 bits per heavy atom. The number of carbonyl (C=O) groups is 1. The summed E-state index contributed by atoms with van der Waals surface area (Å²) in [5.41, 5.74) is 0.501. The van der Waals surface area contributed by atoms with Gasteiger partial charge < -0.3 is 10.4 Å². The fraction of sp³-hybridized carbons (Fsp3) is 0.533. The van der Waals surface area contributed by atoms with Gasteiger partial charge in [-0.2, -0.15) is 0 Å². The summed E-state index contributed by atoms with van der Waals surface area (Å²) in [7, 11) is 0. The molecule has 1 aromatic rings. The van der Waals surface area contributed by atoms with Crippen LogP contribution < -0.4 is 5.32 Å². The Bertz CT molecular complexity index is 461. The van der Waals surface area contributed by atoms with E-state index in [1.165, 1.54) is 31.4 Å². The van der Waals surface area contributed by atoms with E-state index in [4.69, 9.17) is 11.6 Å². The predicted molar refractivity (Wildman–Crippen MR) is 76.6 cm³/mol. The van der Waals surface area contributed by atoms with Crippen LogP contribution in [0.15, 0.2) is 18.2 Å². The Hall–Kier alpha value is -1.22. The van der Waals surface area contributed by atoms with Crippen LogP contribution in [0.3, 0.4) is 0 Å². The average Bonchev–Trinajstić information content (AvgIpc) is 2.42. The van der Waals surface area contributed by atoms with Gasteiger partial charge in [-0.15, -0.1) is 0 Å². The highest BCUT2D eigenvalue weighted by atomic mass is 35.5. The molecule has 1 aliphatic rings. The van der Waals surface area contributed by atoms with Gasteiger partial charge in [0.15, 0.2) is 0 Å². The van der Waals surface area contributed by atoms with Gasteiger partial charge in [-0.25, -0.2) is 0 Å². The number of phenols is 1. The Labute approximate surface area is 119 Å². The van der Waals surface area contributed by atoms with Crippen molar-refractivity contribution >= 4 is 17.5 Å². The van der Waals surface area contributed by atoms with Crippen LogP contribution in [0.2, 0.25) is 5.02 Å². The van der Waals surface area contributed by atoms with Crippen molar-refractivity contribution in [2.45, 2.75) is 45.1 Å². The Morgan fingerprint density at radius 2 is 2.26 bits per heavy atom. The molecule has 2 unspecified atom stereocenters. The third-order valence-corrected chi connectivity index (χ3v) is 4.21. The molecule has 1 amide bonds. The number of phenolic OH excluding ortho intramolecular Hbond substituents is 1. The molecule has 2 N–H and O–H groups in total. The Morgan fingerprint density at radius 3 is 2.95 bits per heavy atom. The van der Waals surface area contributed by atoms with E-state index in [0.29, 0.717) is 5.56 Å². The summed E-state index contributed by atoms with van der Waals surface area (Å²) in [6.07, 6.45) is 5.74. The molecule has 2 atom stereocenters. The van der Waals surface area contributed by atoms with Crippen molar-refractivity contribution in [1.29, 1.82) is 0 Å². The van der Waals surface area contributed by atoms with Gasteiger partial charge in [0.2, 0.25) is 0 Å². The van der Waals surface area contributed by atoms with Crippen LogP contribution in [0.1, 0.15) is 49.4 Å². The zero-order valence-corrected chi connectivity index (χ0v) is 11.9. The first-order chi connectivity index (χ1) is 9.10. The minimum atomic E-state index is -0.108. The number of hydrogen-bond donors (Lipinski definition) is 2. The molecule has 0 spiro atoms. The van der Waals surface area contributed by atoms with Crippen molar-refractivity contribution in [1.82, 2.24) is 5.32 Å². The molecule has 1 aromatic carbocycles. The minimum Gasteiger partial charge on any atom is -0.506 e. The molecule has 4 heteroatoms. The van der Waals surface area contributed by atoms with E-state index in [1.54, 1.807) is 6.07 Å². The molecule has 0 saturated heterocycles. The van der Waals surface area contributed by atoms with Crippen molar-refractivity contribution in [3.05, 3.63) is 28.8 Å². The van der Waals surface area contributed by atoms with Crippen LogP contribution in [0.4, 0.5) is 0 Å². The summed E-state index contributed by atoms with van der Waals surface area (Å²) >= 11 is 5.82. The minimum absolute atomic E-state index is 0.00179. The molecule has 0 bridgehead atoms. The number of benzene rings is 1. The largest absolute Gasteiger partial charge is 0.506 e. The third-order valence-electron chi connectivity index (χ3n) is 3.91. The van der Waals surface area contributed by atoms with Crippen LogP contribution in [0, 0.1) is 5.92 Å². The van der Waals surface area contributed by atoms with Gasteiger partial charge in [-0.1, -0.05) is 37.8 Å². The number of nitrogens with one attached hydrogen (secondary N) is 1. The molecular formula is C15H20ClNO2. The van der Waals surface area contributed by atoms with Crippen LogP contribution in [-0.2, 0) is 0 Å². The summed E-state index contributed by atoms with van der Waals surface area (Å²) in [5, 5.41) is 12.6. The van der Waals surface area contributed by atoms with Crippen molar-refractivity contribution in [3.63, 3.8) is 0 Å². The second-order valence-electron chi connectivity index (χ2n) is 5.28. The van der Waals surface area contributed by atoms with Crippen molar-refractivity contribution < 1.29 is 9.90 Å². The first-order valence-corrected chi connectivity index (χ1v) is 7.27. The van der Waals surface area contributed by atoms with Gasteiger partial charge in [0.1, 0.15) is 5.75 Å². The van der Waals surface area contributed by atoms with E-state index in [0.717, 1.165) is 18.8 Å². The number of amides is 1. The summed E-state index contributed by atoms with van der Waals surface area (Å²) in [5.74, 6) is 0.619. The maximum absolute atomic E-state index is 12.1. The predicted octanol–water partition coefficient (Wildman–Crippen LogP) is 3.74. The molecule has 2 rings (SSSR count). The lowest BCUT2D eigenvalue weighted by atomic mass is 9.84. The molecule has 104 valence electrons.